The van der Waals surface area contributed by atoms with Crippen LogP contribution in [-0.2, 0) is 23.9 Å². The monoisotopic (exact) mass is 474 g/mol. The standard InChI is InChI=1S/C25H34N2O7/c1-25(2,3)24(31)34-15-21(28)19-7-5-14-27(19)23(30)20-8-6-13-26(20)22(29)16-33-18-11-9-17(32-4)10-12-18/h9-12,19-20H,5-8,13-16H2,1-4H3. The predicted octanol–water partition coefficient (Wildman–Crippen LogP) is 2.21. The van der Waals surface area contributed by atoms with E-state index in [1.807, 2.05) is 0 Å². The Morgan fingerprint density at radius 3 is 2.09 bits per heavy atom. The number of carbonyl (C=O) groups excluding carboxylic acids is 4. The molecular formula is C25H34N2O7. The third kappa shape index (κ3) is 6.07. The fourth-order valence-corrected chi connectivity index (χ4v) is 4.23. The first-order valence-electron chi connectivity index (χ1n) is 11.7. The largest absolute Gasteiger partial charge is 0.497 e. The van der Waals surface area contributed by atoms with E-state index in [0.29, 0.717) is 50.3 Å². The van der Waals surface area contributed by atoms with Crippen LogP contribution in [0.5, 0.6) is 11.5 Å². The summed E-state index contributed by atoms with van der Waals surface area (Å²) >= 11 is 0. The van der Waals surface area contributed by atoms with Crippen LogP contribution in [0.1, 0.15) is 46.5 Å². The van der Waals surface area contributed by atoms with Gasteiger partial charge >= 0.3 is 5.97 Å². The van der Waals surface area contributed by atoms with Crippen molar-refractivity contribution in [1.29, 1.82) is 0 Å². The molecule has 9 nitrogen and oxygen atoms in total. The highest BCUT2D eigenvalue weighted by atomic mass is 16.5. The van der Waals surface area contributed by atoms with Crippen molar-refractivity contribution in [2.75, 3.05) is 33.4 Å². The maximum atomic E-state index is 13.3. The number of hydrogen-bond donors (Lipinski definition) is 0. The van der Waals surface area contributed by atoms with Gasteiger partial charge in [0.1, 0.15) is 17.5 Å². The SMILES string of the molecule is COc1ccc(OCC(=O)N2CCCC2C(=O)N2CCCC2C(=O)COC(=O)C(C)(C)C)cc1. The van der Waals surface area contributed by atoms with E-state index < -0.39 is 23.5 Å². The Balaban J connectivity index is 1.57. The number of rotatable bonds is 8. The predicted molar refractivity (Wildman–Crippen MR) is 123 cm³/mol. The van der Waals surface area contributed by atoms with Crippen LogP contribution in [0.2, 0.25) is 0 Å². The molecule has 0 aliphatic carbocycles. The number of nitrogens with zero attached hydrogens (tertiary/aromatic N) is 2. The van der Waals surface area contributed by atoms with E-state index >= 15 is 0 Å². The van der Waals surface area contributed by atoms with E-state index in [9.17, 15) is 19.2 Å². The van der Waals surface area contributed by atoms with Crippen molar-refractivity contribution in [3.05, 3.63) is 24.3 Å². The van der Waals surface area contributed by atoms with Gasteiger partial charge in [-0.25, -0.2) is 0 Å². The number of benzene rings is 1. The molecule has 0 spiro atoms. The number of carbonyl (C=O) groups is 4. The van der Waals surface area contributed by atoms with E-state index in [1.165, 1.54) is 0 Å². The van der Waals surface area contributed by atoms with Gasteiger partial charge in [-0.05, 0) is 70.7 Å². The molecule has 2 unspecified atom stereocenters. The number of esters is 1. The van der Waals surface area contributed by atoms with Gasteiger partial charge in [-0.15, -0.1) is 0 Å². The highest BCUT2D eigenvalue weighted by Gasteiger charge is 2.42. The van der Waals surface area contributed by atoms with Gasteiger partial charge in [0.2, 0.25) is 5.91 Å². The van der Waals surface area contributed by atoms with Gasteiger partial charge < -0.3 is 24.0 Å². The normalized spacial score (nSPS) is 20.2. The Kier molecular flexibility index (Phi) is 8.17. The molecule has 2 aliphatic rings. The van der Waals surface area contributed by atoms with E-state index in [0.717, 1.165) is 0 Å². The molecule has 2 saturated heterocycles. The summed E-state index contributed by atoms with van der Waals surface area (Å²) in [6.07, 6.45) is 2.47. The summed E-state index contributed by atoms with van der Waals surface area (Å²) in [4.78, 5) is 54.0. The molecule has 9 heteroatoms. The van der Waals surface area contributed by atoms with E-state index in [1.54, 1.807) is 61.9 Å². The van der Waals surface area contributed by atoms with Crippen LogP contribution >= 0.6 is 0 Å². The van der Waals surface area contributed by atoms with Crippen molar-refractivity contribution in [2.24, 2.45) is 5.41 Å². The first-order chi connectivity index (χ1) is 16.1. The number of hydrogen-bond acceptors (Lipinski definition) is 7. The maximum Gasteiger partial charge on any atom is 0.311 e. The fourth-order valence-electron chi connectivity index (χ4n) is 4.23. The highest BCUT2D eigenvalue weighted by molar-refractivity contribution is 5.95. The van der Waals surface area contributed by atoms with Crippen LogP contribution in [0.15, 0.2) is 24.3 Å². The van der Waals surface area contributed by atoms with Crippen LogP contribution < -0.4 is 9.47 Å². The number of likely N-dealkylation sites (tertiary alicyclic amines) is 2. The van der Waals surface area contributed by atoms with Gasteiger partial charge in [0.15, 0.2) is 19.0 Å². The molecular weight excluding hydrogens is 440 g/mol. The topological polar surface area (TPSA) is 102 Å². The number of Topliss-reactive ketones (excluding diaryl/α,β-unsaturated/α-hetero) is 1. The van der Waals surface area contributed by atoms with Gasteiger partial charge in [0, 0.05) is 13.1 Å². The Bertz CT molecular complexity index is 907. The Morgan fingerprint density at radius 2 is 1.47 bits per heavy atom. The lowest BCUT2D eigenvalue weighted by Gasteiger charge is -2.31. The van der Waals surface area contributed by atoms with Crippen molar-refractivity contribution < 1.29 is 33.4 Å². The Morgan fingerprint density at radius 1 is 0.882 bits per heavy atom. The molecule has 3 rings (SSSR count). The highest BCUT2D eigenvalue weighted by Crippen LogP contribution is 2.26. The number of ketones is 1. The average molecular weight is 475 g/mol. The summed E-state index contributed by atoms with van der Waals surface area (Å²) in [5, 5.41) is 0. The summed E-state index contributed by atoms with van der Waals surface area (Å²) in [5.41, 5.74) is -0.704. The summed E-state index contributed by atoms with van der Waals surface area (Å²) in [6.45, 7) is 5.54. The van der Waals surface area contributed by atoms with Gasteiger partial charge in [-0.3, -0.25) is 19.2 Å². The lowest BCUT2D eigenvalue weighted by atomic mass is 9.97. The number of ether oxygens (including phenoxy) is 3. The molecule has 186 valence electrons. The van der Waals surface area contributed by atoms with Gasteiger partial charge in [-0.2, -0.15) is 0 Å². The third-order valence-corrected chi connectivity index (χ3v) is 6.15. The van der Waals surface area contributed by atoms with Crippen LogP contribution in [0.4, 0.5) is 0 Å². The third-order valence-electron chi connectivity index (χ3n) is 6.15. The number of methoxy groups -OCH3 is 1. The molecule has 0 saturated carbocycles. The summed E-state index contributed by atoms with van der Waals surface area (Å²) in [7, 11) is 1.57. The van der Waals surface area contributed by atoms with Crippen LogP contribution in [-0.4, -0.2) is 78.9 Å². The van der Waals surface area contributed by atoms with Crippen molar-refractivity contribution in [2.45, 2.75) is 58.5 Å². The molecule has 2 fully saturated rings. The van der Waals surface area contributed by atoms with E-state index in [-0.39, 0.29) is 30.8 Å². The molecule has 2 heterocycles. The second kappa shape index (κ2) is 10.9. The summed E-state index contributed by atoms with van der Waals surface area (Å²) in [6, 6.07) is 5.67. The second-order valence-electron chi connectivity index (χ2n) is 9.69. The molecule has 1 aromatic carbocycles. The van der Waals surface area contributed by atoms with Crippen molar-refractivity contribution in [3.8, 4) is 11.5 Å². The smallest absolute Gasteiger partial charge is 0.311 e. The van der Waals surface area contributed by atoms with Crippen molar-refractivity contribution in [3.63, 3.8) is 0 Å². The van der Waals surface area contributed by atoms with Gasteiger partial charge in [0.25, 0.3) is 5.91 Å². The molecule has 2 atom stereocenters. The average Bonchev–Trinajstić information content (AvgIpc) is 3.50. The Hall–Kier alpha value is -3.10. The van der Waals surface area contributed by atoms with Crippen molar-refractivity contribution in [1.82, 2.24) is 9.80 Å². The van der Waals surface area contributed by atoms with Gasteiger partial charge in [-0.1, -0.05) is 0 Å². The minimum absolute atomic E-state index is 0.179. The lowest BCUT2D eigenvalue weighted by molar-refractivity contribution is -0.157. The quantitative estimate of drug-likeness (QED) is 0.532. The molecule has 0 aromatic heterocycles. The summed E-state index contributed by atoms with van der Waals surface area (Å²) < 4.78 is 15.9. The maximum absolute atomic E-state index is 13.3. The molecule has 1 aromatic rings. The minimum atomic E-state index is -0.704. The zero-order chi connectivity index (χ0) is 24.9. The fraction of sp³-hybridized carbons (Fsp3) is 0.600. The van der Waals surface area contributed by atoms with Crippen molar-refractivity contribution >= 4 is 23.6 Å². The number of amides is 2. The molecule has 34 heavy (non-hydrogen) atoms. The molecule has 2 aliphatic heterocycles. The van der Waals surface area contributed by atoms with E-state index in [2.05, 4.69) is 0 Å². The second-order valence-corrected chi connectivity index (χ2v) is 9.69. The van der Waals surface area contributed by atoms with Crippen LogP contribution in [0.25, 0.3) is 0 Å². The Labute approximate surface area is 200 Å². The zero-order valence-corrected chi connectivity index (χ0v) is 20.4. The molecule has 0 bridgehead atoms. The molecule has 2 amide bonds. The lowest BCUT2D eigenvalue weighted by Crippen LogP contribution is -2.52. The minimum Gasteiger partial charge on any atom is -0.497 e. The first kappa shape index (κ1) is 25.5. The van der Waals surface area contributed by atoms with E-state index in [4.69, 9.17) is 14.2 Å². The molecule has 0 radical (unpaired) electrons. The van der Waals surface area contributed by atoms with Gasteiger partial charge in [0.05, 0.1) is 18.6 Å². The summed E-state index contributed by atoms with van der Waals surface area (Å²) in [5.74, 6) is -0.0255. The zero-order valence-electron chi connectivity index (χ0n) is 20.4. The van der Waals surface area contributed by atoms with Crippen LogP contribution in [0.3, 0.4) is 0 Å². The van der Waals surface area contributed by atoms with Crippen LogP contribution in [0, 0.1) is 5.41 Å². The molecule has 0 N–H and O–H groups in total. The first-order valence-corrected chi connectivity index (χ1v) is 11.7.